The van der Waals surface area contributed by atoms with Gasteiger partial charge >= 0.3 is 0 Å². The first-order valence-corrected chi connectivity index (χ1v) is 7.98. The van der Waals surface area contributed by atoms with Crippen LogP contribution < -0.4 is 5.32 Å². The van der Waals surface area contributed by atoms with Crippen molar-refractivity contribution in [3.05, 3.63) is 52.9 Å². The van der Waals surface area contributed by atoms with Crippen molar-refractivity contribution < 1.29 is 4.39 Å². The van der Waals surface area contributed by atoms with Gasteiger partial charge in [0.2, 0.25) is 0 Å². The quantitative estimate of drug-likeness (QED) is 0.773. The molecule has 0 aliphatic carbocycles. The molecular formula is C16H18FN3S. The van der Waals surface area contributed by atoms with Crippen LogP contribution in [0, 0.1) is 5.82 Å². The lowest BCUT2D eigenvalue weighted by atomic mass is 10.1. The van der Waals surface area contributed by atoms with E-state index in [1.54, 1.807) is 17.4 Å². The Morgan fingerprint density at radius 3 is 2.90 bits per heavy atom. The van der Waals surface area contributed by atoms with Crippen molar-refractivity contribution in [2.45, 2.75) is 26.4 Å². The number of aryl methyl sites for hydroxylation is 1. The van der Waals surface area contributed by atoms with Crippen molar-refractivity contribution in [2.75, 3.05) is 6.54 Å². The van der Waals surface area contributed by atoms with Gasteiger partial charge in [-0.1, -0.05) is 13.0 Å². The van der Waals surface area contributed by atoms with E-state index in [2.05, 4.69) is 30.3 Å². The van der Waals surface area contributed by atoms with Gasteiger partial charge < -0.3 is 5.32 Å². The van der Waals surface area contributed by atoms with E-state index < -0.39 is 0 Å². The fourth-order valence-electron chi connectivity index (χ4n) is 2.58. The highest BCUT2D eigenvalue weighted by Crippen LogP contribution is 2.33. The van der Waals surface area contributed by atoms with Crippen LogP contribution >= 0.6 is 11.3 Å². The summed E-state index contributed by atoms with van der Waals surface area (Å²) in [6, 6.07) is 9.23. The number of halogens is 1. The Bertz CT molecular complexity index is 747. The summed E-state index contributed by atoms with van der Waals surface area (Å²) in [5.41, 5.74) is 1.14. The molecule has 21 heavy (non-hydrogen) atoms. The summed E-state index contributed by atoms with van der Waals surface area (Å²) in [7, 11) is 0. The van der Waals surface area contributed by atoms with Gasteiger partial charge in [0.1, 0.15) is 5.82 Å². The number of aromatic nitrogens is 2. The summed E-state index contributed by atoms with van der Waals surface area (Å²) in [5, 5.41) is 8.95. The van der Waals surface area contributed by atoms with E-state index in [0.717, 1.165) is 28.9 Å². The molecule has 1 N–H and O–H groups in total. The maximum absolute atomic E-state index is 13.4. The molecule has 3 aromatic rings. The van der Waals surface area contributed by atoms with E-state index in [-0.39, 0.29) is 11.9 Å². The third-order valence-electron chi connectivity index (χ3n) is 3.54. The van der Waals surface area contributed by atoms with E-state index in [9.17, 15) is 4.39 Å². The molecule has 0 fully saturated rings. The van der Waals surface area contributed by atoms with Gasteiger partial charge in [-0.3, -0.25) is 4.68 Å². The molecule has 3 rings (SSSR count). The summed E-state index contributed by atoms with van der Waals surface area (Å²) in [6.45, 7) is 5.87. The van der Waals surface area contributed by atoms with Gasteiger partial charge in [0.05, 0.1) is 11.7 Å². The zero-order valence-corrected chi connectivity index (χ0v) is 13.0. The Kier molecular flexibility index (Phi) is 4.03. The van der Waals surface area contributed by atoms with Crippen molar-refractivity contribution in [1.82, 2.24) is 15.1 Å². The molecule has 0 amide bonds. The van der Waals surface area contributed by atoms with E-state index in [0.29, 0.717) is 0 Å². The molecule has 2 heterocycles. The van der Waals surface area contributed by atoms with Crippen LogP contribution in [0.4, 0.5) is 4.39 Å². The minimum absolute atomic E-state index is 0.0953. The molecule has 0 saturated heterocycles. The zero-order chi connectivity index (χ0) is 14.8. The van der Waals surface area contributed by atoms with Gasteiger partial charge in [-0.05, 0) is 43.1 Å². The number of nitrogens with one attached hydrogen (secondary N) is 1. The third kappa shape index (κ3) is 2.71. The Balaban J connectivity index is 2.06. The molecule has 2 aromatic heterocycles. The molecule has 3 nitrogen and oxygen atoms in total. The topological polar surface area (TPSA) is 29.9 Å². The summed E-state index contributed by atoms with van der Waals surface area (Å²) in [4.78, 5) is 1.19. The first-order chi connectivity index (χ1) is 10.2. The number of fused-ring (bicyclic) bond motifs is 1. The molecule has 0 saturated carbocycles. The molecule has 0 radical (unpaired) electrons. The number of rotatable bonds is 5. The van der Waals surface area contributed by atoms with Crippen molar-refractivity contribution in [1.29, 1.82) is 0 Å². The van der Waals surface area contributed by atoms with Gasteiger partial charge in [-0.15, -0.1) is 11.3 Å². The van der Waals surface area contributed by atoms with Crippen molar-refractivity contribution >= 4 is 21.4 Å². The third-order valence-corrected chi connectivity index (χ3v) is 4.70. The Morgan fingerprint density at radius 1 is 1.29 bits per heavy atom. The number of benzene rings is 1. The SMILES string of the molecule is CCNC(c1cc2ccc(F)cc2s1)c1ccnn1CC. The molecule has 0 spiro atoms. The average Bonchev–Trinajstić information content (AvgIpc) is 3.10. The van der Waals surface area contributed by atoms with Crippen LogP contribution in [0.5, 0.6) is 0 Å². The minimum Gasteiger partial charge on any atom is -0.305 e. The monoisotopic (exact) mass is 303 g/mol. The van der Waals surface area contributed by atoms with Gasteiger partial charge in [-0.2, -0.15) is 5.10 Å². The normalized spacial score (nSPS) is 12.9. The van der Waals surface area contributed by atoms with Crippen molar-refractivity contribution in [3.63, 3.8) is 0 Å². The highest BCUT2D eigenvalue weighted by atomic mass is 32.1. The van der Waals surface area contributed by atoms with Gasteiger partial charge in [0, 0.05) is 22.3 Å². The molecule has 110 valence electrons. The van der Waals surface area contributed by atoms with Crippen LogP contribution in [0.2, 0.25) is 0 Å². The number of hydrogen-bond acceptors (Lipinski definition) is 3. The average molecular weight is 303 g/mol. The smallest absolute Gasteiger partial charge is 0.124 e. The highest BCUT2D eigenvalue weighted by molar-refractivity contribution is 7.19. The summed E-state index contributed by atoms with van der Waals surface area (Å²) in [5.74, 6) is -0.186. The highest BCUT2D eigenvalue weighted by Gasteiger charge is 2.19. The molecular weight excluding hydrogens is 285 g/mol. The minimum atomic E-state index is -0.186. The fourth-order valence-corrected chi connectivity index (χ4v) is 3.75. The number of thiophene rings is 1. The van der Waals surface area contributed by atoms with Gasteiger partial charge in [0.25, 0.3) is 0 Å². The van der Waals surface area contributed by atoms with Crippen LogP contribution in [-0.2, 0) is 6.54 Å². The predicted molar refractivity (Wildman–Crippen MR) is 85.2 cm³/mol. The fraction of sp³-hybridized carbons (Fsp3) is 0.312. The second kappa shape index (κ2) is 5.95. The van der Waals surface area contributed by atoms with Crippen molar-refractivity contribution in [3.8, 4) is 0 Å². The van der Waals surface area contributed by atoms with E-state index in [4.69, 9.17) is 0 Å². The lowest BCUT2D eigenvalue weighted by Gasteiger charge is -2.17. The lowest BCUT2D eigenvalue weighted by molar-refractivity contribution is 0.547. The number of hydrogen-bond donors (Lipinski definition) is 1. The largest absolute Gasteiger partial charge is 0.305 e. The molecule has 0 bridgehead atoms. The summed E-state index contributed by atoms with van der Waals surface area (Å²) >= 11 is 1.63. The van der Waals surface area contributed by atoms with Crippen LogP contribution in [0.15, 0.2) is 36.5 Å². The van der Waals surface area contributed by atoms with Gasteiger partial charge in [0.15, 0.2) is 0 Å². The van der Waals surface area contributed by atoms with Gasteiger partial charge in [-0.25, -0.2) is 4.39 Å². The molecule has 5 heteroatoms. The molecule has 0 aliphatic heterocycles. The van der Waals surface area contributed by atoms with Crippen LogP contribution in [0.3, 0.4) is 0 Å². The Hall–Kier alpha value is -1.72. The Labute approximate surface area is 127 Å². The molecule has 1 aromatic carbocycles. The standard InChI is InChI=1S/C16H18FN3S/c1-3-18-16(13-7-8-19-20(13)4-2)15-9-11-5-6-12(17)10-14(11)21-15/h5-10,16,18H,3-4H2,1-2H3. The first-order valence-electron chi connectivity index (χ1n) is 7.17. The Morgan fingerprint density at radius 2 is 2.14 bits per heavy atom. The molecule has 0 aliphatic rings. The maximum atomic E-state index is 13.4. The summed E-state index contributed by atoms with van der Waals surface area (Å²) < 4.78 is 16.3. The molecule has 1 unspecified atom stereocenters. The lowest BCUT2D eigenvalue weighted by Crippen LogP contribution is -2.24. The van der Waals surface area contributed by atoms with Crippen LogP contribution in [0.1, 0.15) is 30.5 Å². The van der Waals surface area contributed by atoms with Crippen LogP contribution in [-0.4, -0.2) is 16.3 Å². The first kappa shape index (κ1) is 14.2. The predicted octanol–water partition coefficient (Wildman–Crippen LogP) is 3.96. The number of nitrogens with zero attached hydrogens (tertiary/aromatic N) is 2. The molecule has 1 atom stereocenters. The van der Waals surface area contributed by atoms with E-state index in [1.807, 2.05) is 23.0 Å². The van der Waals surface area contributed by atoms with E-state index >= 15 is 0 Å². The van der Waals surface area contributed by atoms with E-state index in [1.165, 1.54) is 10.9 Å². The summed E-state index contributed by atoms with van der Waals surface area (Å²) in [6.07, 6.45) is 1.83. The second-order valence-corrected chi connectivity index (χ2v) is 6.01. The van der Waals surface area contributed by atoms with Crippen molar-refractivity contribution in [2.24, 2.45) is 0 Å². The maximum Gasteiger partial charge on any atom is 0.124 e. The van der Waals surface area contributed by atoms with Crippen LogP contribution in [0.25, 0.3) is 10.1 Å². The second-order valence-electron chi connectivity index (χ2n) is 4.89. The zero-order valence-electron chi connectivity index (χ0n) is 12.1.